The Morgan fingerprint density at radius 1 is 1.37 bits per heavy atom. The highest BCUT2D eigenvalue weighted by atomic mass is 35.5. The first kappa shape index (κ1) is 13.8. The number of nitrogens with one attached hydrogen (secondary N) is 1. The molecule has 0 aliphatic rings. The van der Waals surface area contributed by atoms with Gasteiger partial charge in [0.05, 0.1) is 16.8 Å². The molecular formula is C15H17ClN2O. The van der Waals surface area contributed by atoms with Crippen molar-refractivity contribution in [2.75, 3.05) is 6.54 Å². The molecule has 1 aromatic heterocycles. The van der Waals surface area contributed by atoms with Crippen LogP contribution in [-0.4, -0.2) is 17.4 Å². The van der Waals surface area contributed by atoms with Crippen LogP contribution in [0.4, 0.5) is 0 Å². The van der Waals surface area contributed by atoms with E-state index in [1.54, 1.807) is 6.07 Å². The lowest BCUT2D eigenvalue weighted by molar-refractivity contribution is 0.0952. The van der Waals surface area contributed by atoms with Crippen LogP contribution in [0.5, 0.6) is 0 Å². The smallest absolute Gasteiger partial charge is 0.253 e. The van der Waals surface area contributed by atoms with Gasteiger partial charge in [0, 0.05) is 17.0 Å². The Morgan fingerprint density at radius 2 is 2.16 bits per heavy atom. The van der Waals surface area contributed by atoms with Crippen molar-refractivity contribution in [2.24, 2.45) is 0 Å². The number of nitrogens with zero attached hydrogens (tertiary/aromatic N) is 1. The lowest BCUT2D eigenvalue weighted by Gasteiger charge is -2.08. The van der Waals surface area contributed by atoms with Gasteiger partial charge in [0.15, 0.2) is 0 Å². The zero-order chi connectivity index (χ0) is 13.8. The second-order valence-electron chi connectivity index (χ2n) is 4.57. The molecule has 0 fully saturated rings. The first-order valence-electron chi connectivity index (χ1n) is 6.47. The van der Waals surface area contributed by atoms with Gasteiger partial charge in [-0.3, -0.25) is 9.78 Å². The Kier molecular flexibility index (Phi) is 4.38. The largest absolute Gasteiger partial charge is 0.352 e. The lowest BCUT2D eigenvalue weighted by Crippen LogP contribution is -2.25. The highest BCUT2D eigenvalue weighted by Crippen LogP contribution is 2.20. The number of pyridine rings is 1. The monoisotopic (exact) mass is 276 g/mol. The van der Waals surface area contributed by atoms with Crippen molar-refractivity contribution in [2.45, 2.75) is 26.7 Å². The molecule has 1 N–H and O–H groups in total. The summed E-state index contributed by atoms with van der Waals surface area (Å²) in [6, 6.07) is 7.34. The third-order valence-corrected chi connectivity index (χ3v) is 3.26. The fraction of sp³-hybridized carbons (Fsp3) is 0.333. The standard InChI is InChI=1S/C15H17ClN2O/c1-3-4-7-17-15(19)13-9-11-8-12(16)5-6-14(11)18-10(13)2/h5-6,8-9H,3-4,7H2,1-2H3,(H,17,19). The van der Waals surface area contributed by atoms with Gasteiger partial charge < -0.3 is 5.32 Å². The molecule has 0 saturated heterocycles. The molecule has 0 bridgehead atoms. The van der Waals surface area contributed by atoms with Gasteiger partial charge in [-0.05, 0) is 37.6 Å². The molecule has 0 aliphatic heterocycles. The van der Waals surface area contributed by atoms with E-state index < -0.39 is 0 Å². The number of fused-ring (bicyclic) bond motifs is 1. The van der Waals surface area contributed by atoms with Crippen LogP contribution >= 0.6 is 11.6 Å². The second kappa shape index (κ2) is 6.02. The Morgan fingerprint density at radius 3 is 2.89 bits per heavy atom. The van der Waals surface area contributed by atoms with Crippen molar-refractivity contribution >= 4 is 28.4 Å². The minimum atomic E-state index is -0.0691. The van der Waals surface area contributed by atoms with Crippen molar-refractivity contribution in [3.8, 4) is 0 Å². The van der Waals surface area contributed by atoms with Crippen molar-refractivity contribution < 1.29 is 4.79 Å². The molecule has 1 amide bonds. The number of benzene rings is 1. The molecule has 1 aromatic carbocycles. The average Bonchev–Trinajstić information content (AvgIpc) is 2.38. The zero-order valence-corrected chi connectivity index (χ0v) is 11.9. The fourth-order valence-electron chi connectivity index (χ4n) is 1.95. The summed E-state index contributed by atoms with van der Waals surface area (Å²) in [5, 5.41) is 4.44. The highest BCUT2D eigenvalue weighted by molar-refractivity contribution is 6.31. The maximum Gasteiger partial charge on any atom is 0.253 e. The van der Waals surface area contributed by atoms with Crippen LogP contribution in [-0.2, 0) is 0 Å². The number of hydrogen-bond acceptors (Lipinski definition) is 2. The summed E-state index contributed by atoms with van der Waals surface area (Å²) in [6.07, 6.45) is 2.04. The molecule has 100 valence electrons. The number of carbonyl (C=O) groups excluding carboxylic acids is 1. The van der Waals surface area contributed by atoms with E-state index in [0.29, 0.717) is 17.1 Å². The number of rotatable bonds is 4. The summed E-state index contributed by atoms with van der Waals surface area (Å²) >= 11 is 5.96. The van der Waals surface area contributed by atoms with E-state index in [1.165, 1.54) is 0 Å². The van der Waals surface area contributed by atoms with Crippen LogP contribution in [0.3, 0.4) is 0 Å². The van der Waals surface area contributed by atoms with Gasteiger partial charge in [0.2, 0.25) is 0 Å². The number of unbranched alkanes of at least 4 members (excludes halogenated alkanes) is 1. The zero-order valence-electron chi connectivity index (χ0n) is 11.2. The van der Waals surface area contributed by atoms with E-state index >= 15 is 0 Å². The molecule has 2 rings (SSSR count). The molecule has 0 unspecified atom stereocenters. The van der Waals surface area contributed by atoms with Crippen LogP contribution in [0.1, 0.15) is 35.8 Å². The fourth-order valence-corrected chi connectivity index (χ4v) is 2.13. The molecule has 0 atom stereocenters. The molecule has 19 heavy (non-hydrogen) atoms. The normalized spacial score (nSPS) is 10.7. The minimum Gasteiger partial charge on any atom is -0.352 e. The average molecular weight is 277 g/mol. The predicted molar refractivity (Wildman–Crippen MR) is 78.7 cm³/mol. The molecule has 2 aromatic rings. The van der Waals surface area contributed by atoms with Crippen LogP contribution in [0.2, 0.25) is 5.02 Å². The first-order valence-corrected chi connectivity index (χ1v) is 6.84. The summed E-state index contributed by atoms with van der Waals surface area (Å²) in [7, 11) is 0. The van der Waals surface area contributed by atoms with Crippen LogP contribution in [0.15, 0.2) is 24.3 Å². The molecule has 4 heteroatoms. The van der Waals surface area contributed by atoms with Gasteiger partial charge in [-0.1, -0.05) is 24.9 Å². The van der Waals surface area contributed by atoms with Crippen molar-refractivity contribution in [1.82, 2.24) is 10.3 Å². The SMILES string of the molecule is CCCCNC(=O)c1cc2cc(Cl)ccc2nc1C. The summed E-state index contributed by atoms with van der Waals surface area (Å²) in [5.74, 6) is -0.0691. The van der Waals surface area contributed by atoms with Gasteiger partial charge in [-0.2, -0.15) is 0 Å². The predicted octanol–water partition coefficient (Wildman–Crippen LogP) is 3.73. The summed E-state index contributed by atoms with van der Waals surface area (Å²) in [6.45, 7) is 4.64. The van der Waals surface area contributed by atoms with E-state index in [1.807, 2.05) is 25.1 Å². The quantitative estimate of drug-likeness (QED) is 0.865. The maximum absolute atomic E-state index is 12.1. The molecular weight excluding hydrogens is 260 g/mol. The molecule has 0 aliphatic carbocycles. The molecule has 0 spiro atoms. The number of aryl methyl sites for hydroxylation is 1. The number of aromatic nitrogens is 1. The van der Waals surface area contributed by atoms with Crippen molar-refractivity contribution in [1.29, 1.82) is 0 Å². The van der Waals surface area contributed by atoms with Crippen LogP contribution in [0, 0.1) is 6.92 Å². The molecule has 1 heterocycles. The second-order valence-corrected chi connectivity index (χ2v) is 5.00. The third-order valence-electron chi connectivity index (χ3n) is 3.03. The lowest BCUT2D eigenvalue weighted by atomic mass is 10.1. The van der Waals surface area contributed by atoms with Gasteiger partial charge in [0.1, 0.15) is 0 Å². The van der Waals surface area contributed by atoms with Gasteiger partial charge in [-0.15, -0.1) is 0 Å². The molecule has 0 saturated carbocycles. The Balaban J connectivity index is 2.32. The van der Waals surface area contributed by atoms with E-state index in [2.05, 4.69) is 17.2 Å². The van der Waals surface area contributed by atoms with Crippen molar-refractivity contribution in [3.05, 3.63) is 40.5 Å². The molecule has 3 nitrogen and oxygen atoms in total. The third kappa shape index (κ3) is 3.24. The first-order chi connectivity index (χ1) is 9.11. The van der Waals surface area contributed by atoms with Crippen molar-refractivity contribution in [3.63, 3.8) is 0 Å². The van der Waals surface area contributed by atoms with Crippen LogP contribution in [0.25, 0.3) is 10.9 Å². The van der Waals surface area contributed by atoms with E-state index in [-0.39, 0.29) is 5.91 Å². The van der Waals surface area contributed by atoms with E-state index in [4.69, 9.17) is 11.6 Å². The summed E-state index contributed by atoms with van der Waals surface area (Å²) in [5.41, 5.74) is 2.21. The number of halogens is 1. The Bertz CT molecular complexity index is 610. The maximum atomic E-state index is 12.1. The number of carbonyl (C=O) groups is 1. The van der Waals surface area contributed by atoms with Crippen LogP contribution < -0.4 is 5.32 Å². The number of amides is 1. The van der Waals surface area contributed by atoms with E-state index in [0.717, 1.165) is 29.4 Å². The minimum absolute atomic E-state index is 0.0691. The Labute approximate surface area is 118 Å². The highest BCUT2D eigenvalue weighted by Gasteiger charge is 2.11. The summed E-state index contributed by atoms with van der Waals surface area (Å²) in [4.78, 5) is 16.5. The van der Waals surface area contributed by atoms with E-state index in [9.17, 15) is 4.79 Å². The van der Waals surface area contributed by atoms with Gasteiger partial charge >= 0.3 is 0 Å². The summed E-state index contributed by atoms with van der Waals surface area (Å²) < 4.78 is 0. The number of hydrogen-bond donors (Lipinski definition) is 1. The van der Waals surface area contributed by atoms with Gasteiger partial charge in [-0.25, -0.2) is 0 Å². The topological polar surface area (TPSA) is 42.0 Å². The Hall–Kier alpha value is -1.61. The van der Waals surface area contributed by atoms with Gasteiger partial charge in [0.25, 0.3) is 5.91 Å². The molecule has 0 radical (unpaired) electrons.